The van der Waals surface area contributed by atoms with Gasteiger partial charge in [-0.05, 0) is 29.9 Å². The van der Waals surface area contributed by atoms with E-state index in [1.807, 2.05) is 31.2 Å². The van der Waals surface area contributed by atoms with Crippen LogP contribution in [0, 0.1) is 13.8 Å². The van der Waals surface area contributed by atoms with Crippen molar-refractivity contribution in [3.8, 4) is 11.4 Å². The van der Waals surface area contributed by atoms with Crippen LogP contribution >= 0.6 is 11.3 Å². The monoisotopic (exact) mass is 466 g/mol. The van der Waals surface area contributed by atoms with Crippen LogP contribution < -0.4 is 10.6 Å². The first-order valence-corrected chi connectivity index (χ1v) is 11.3. The van der Waals surface area contributed by atoms with Gasteiger partial charge >= 0.3 is 0 Å². The molecule has 0 saturated heterocycles. The molecule has 172 valence electrons. The molecule has 3 N–H and O–H groups in total. The number of benzene rings is 1. The minimum Gasteiger partial charge on any atom is -0.381 e. The van der Waals surface area contributed by atoms with Crippen LogP contribution in [-0.4, -0.2) is 43.8 Å². The van der Waals surface area contributed by atoms with Crippen molar-refractivity contribution in [1.29, 1.82) is 0 Å². The number of aliphatic hydroxyl groups excluding tert-OH is 1. The molecular formula is C23H26N6O3S. The SMILES string of the molecule is Cc1nc(-c2ccc3ccnc(NCC(O)C(=O)Nc4nc(C)c(C(C)(C)C)s4)c3c2)no1. The summed E-state index contributed by atoms with van der Waals surface area (Å²) in [6.45, 7) is 9.93. The number of carbonyl (C=O) groups excluding carboxylic acids is 1. The van der Waals surface area contributed by atoms with Gasteiger partial charge in [0.05, 0.1) is 12.2 Å². The van der Waals surface area contributed by atoms with Gasteiger partial charge in [0.15, 0.2) is 5.13 Å². The molecule has 0 radical (unpaired) electrons. The molecule has 1 atom stereocenters. The number of nitrogens with one attached hydrogen (secondary N) is 2. The Balaban J connectivity index is 1.47. The maximum absolute atomic E-state index is 12.5. The van der Waals surface area contributed by atoms with Crippen LogP contribution in [0.4, 0.5) is 10.9 Å². The first-order valence-electron chi connectivity index (χ1n) is 10.5. The summed E-state index contributed by atoms with van der Waals surface area (Å²) in [7, 11) is 0. The quantitative estimate of drug-likeness (QED) is 0.388. The van der Waals surface area contributed by atoms with Crippen LogP contribution in [-0.2, 0) is 10.2 Å². The maximum Gasteiger partial charge on any atom is 0.256 e. The molecule has 0 aliphatic rings. The van der Waals surface area contributed by atoms with Crippen molar-refractivity contribution in [2.75, 3.05) is 17.2 Å². The second-order valence-corrected chi connectivity index (χ2v) is 9.80. The lowest BCUT2D eigenvalue weighted by atomic mass is 9.94. The van der Waals surface area contributed by atoms with E-state index in [0.29, 0.717) is 22.7 Å². The molecule has 1 unspecified atom stereocenters. The standard InChI is InChI=1S/C23H26N6O3S/c1-12-18(23(3,4)5)33-22(26-12)28-21(31)17(30)11-25-20-16-10-15(19-27-13(2)32-29-19)7-6-14(16)8-9-24-20/h6-10,17,30H,11H2,1-5H3,(H,24,25)(H,26,28,31). The zero-order chi connectivity index (χ0) is 23.8. The molecule has 4 rings (SSSR count). The molecule has 3 aromatic heterocycles. The molecule has 3 heterocycles. The maximum atomic E-state index is 12.5. The lowest BCUT2D eigenvalue weighted by Gasteiger charge is -2.16. The zero-order valence-electron chi connectivity index (χ0n) is 19.1. The van der Waals surface area contributed by atoms with Crippen LogP contribution in [0.3, 0.4) is 0 Å². The molecule has 10 heteroatoms. The fraction of sp³-hybridized carbons (Fsp3) is 0.348. The third kappa shape index (κ3) is 5.01. The second kappa shape index (κ2) is 8.87. The highest BCUT2D eigenvalue weighted by Gasteiger charge is 2.23. The van der Waals surface area contributed by atoms with Crippen molar-refractivity contribution < 1.29 is 14.4 Å². The normalized spacial score (nSPS) is 12.7. The Bertz CT molecular complexity index is 1310. The number of aliphatic hydroxyl groups is 1. The summed E-state index contributed by atoms with van der Waals surface area (Å²) in [5.41, 5.74) is 1.59. The molecule has 0 saturated carbocycles. The fourth-order valence-corrected chi connectivity index (χ4v) is 4.51. The van der Waals surface area contributed by atoms with Gasteiger partial charge in [0.2, 0.25) is 11.7 Å². The molecule has 0 aliphatic carbocycles. The predicted octanol–water partition coefficient (Wildman–Crippen LogP) is 4.07. The molecule has 0 spiro atoms. The number of hydrogen-bond acceptors (Lipinski definition) is 9. The van der Waals surface area contributed by atoms with Crippen molar-refractivity contribution in [2.45, 2.75) is 46.1 Å². The lowest BCUT2D eigenvalue weighted by molar-refractivity contribution is -0.123. The summed E-state index contributed by atoms with van der Waals surface area (Å²) in [5.74, 6) is 0.979. The highest BCUT2D eigenvalue weighted by molar-refractivity contribution is 7.16. The molecule has 1 aromatic carbocycles. The minimum atomic E-state index is -1.28. The van der Waals surface area contributed by atoms with E-state index in [9.17, 15) is 9.90 Å². The van der Waals surface area contributed by atoms with Gasteiger partial charge in [-0.2, -0.15) is 4.98 Å². The smallest absolute Gasteiger partial charge is 0.256 e. The number of fused-ring (bicyclic) bond motifs is 1. The van der Waals surface area contributed by atoms with Gasteiger partial charge in [0.25, 0.3) is 5.91 Å². The first-order chi connectivity index (χ1) is 15.6. The molecule has 33 heavy (non-hydrogen) atoms. The molecule has 0 fully saturated rings. The van der Waals surface area contributed by atoms with E-state index in [1.165, 1.54) is 11.3 Å². The Morgan fingerprint density at radius 3 is 2.67 bits per heavy atom. The van der Waals surface area contributed by atoms with Crippen molar-refractivity contribution in [3.63, 3.8) is 0 Å². The summed E-state index contributed by atoms with van der Waals surface area (Å²) in [6, 6.07) is 7.62. The number of thiazole rings is 1. The highest BCUT2D eigenvalue weighted by atomic mass is 32.1. The zero-order valence-corrected chi connectivity index (χ0v) is 19.9. The van der Waals surface area contributed by atoms with Crippen molar-refractivity contribution in [1.82, 2.24) is 20.1 Å². The van der Waals surface area contributed by atoms with Crippen molar-refractivity contribution in [2.24, 2.45) is 0 Å². The number of pyridine rings is 1. The summed E-state index contributed by atoms with van der Waals surface area (Å²) < 4.78 is 5.07. The second-order valence-electron chi connectivity index (χ2n) is 8.80. The largest absolute Gasteiger partial charge is 0.381 e. The van der Waals surface area contributed by atoms with Gasteiger partial charge in [0.1, 0.15) is 11.9 Å². The molecule has 0 bridgehead atoms. The third-order valence-corrected chi connectivity index (χ3v) is 6.52. The van der Waals surface area contributed by atoms with Crippen molar-refractivity contribution in [3.05, 3.63) is 46.9 Å². The van der Waals surface area contributed by atoms with Crippen LogP contribution in [0.25, 0.3) is 22.2 Å². The number of aryl methyl sites for hydroxylation is 2. The van der Waals surface area contributed by atoms with Crippen LogP contribution in [0.2, 0.25) is 0 Å². The summed E-state index contributed by atoms with van der Waals surface area (Å²) >= 11 is 1.42. The van der Waals surface area contributed by atoms with E-state index in [1.54, 1.807) is 13.1 Å². The van der Waals surface area contributed by atoms with Gasteiger partial charge in [0, 0.05) is 28.9 Å². The van der Waals surface area contributed by atoms with Gasteiger partial charge < -0.3 is 14.9 Å². The Kier molecular flexibility index (Phi) is 6.13. The van der Waals surface area contributed by atoms with E-state index in [-0.39, 0.29) is 12.0 Å². The van der Waals surface area contributed by atoms with E-state index >= 15 is 0 Å². The summed E-state index contributed by atoms with van der Waals surface area (Å²) in [6.07, 6.45) is 0.383. The van der Waals surface area contributed by atoms with Gasteiger partial charge in [-0.3, -0.25) is 10.1 Å². The Morgan fingerprint density at radius 2 is 2.00 bits per heavy atom. The third-order valence-electron chi connectivity index (χ3n) is 5.03. The molecule has 9 nitrogen and oxygen atoms in total. The molecule has 4 aromatic rings. The number of anilines is 2. The topological polar surface area (TPSA) is 126 Å². The predicted molar refractivity (Wildman–Crippen MR) is 128 cm³/mol. The Morgan fingerprint density at radius 1 is 1.21 bits per heavy atom. The number of amides is 1. The number of carbonyl (C=O) groups is 1. The highest BCUT2D eigenvalue weighted by Crippen LogP contribution is 2.33. The Hall–Kier alpha value is -3.37. The number of nitrogens with zero attached hydrogens (tertiary/aromatic N) is 4. The van der Waals surface area contributed by atoms with Crippen LogP contribution in [0.1, 0.15) is 37.2 Å². The van der Waals surface area contributed by atoms with Gasteiger partial charge in [-0.1, -0.05) is 38.1 Å². The van der Waals surface area contributed by atoms with Gasteiger partial charge in [-0.25, -0.2) is 9.97 Å². The summed E-state index contributed by atoms with van der Waals surface area (Å²) in [5, 5.41) is 22.4. The van der Waals surface area contributed by atoms with E-state index in [0.717, 1.165) is 26.9 Å². The van der Waals surface area contributed by atoms with Crippen LogP contribution in [0.5, 0.6) is 0 Å². The minimum absolute atomic E-state index is 0.0139. The molecular weight excluding hydrogens is 440 g/mol. The summed E-state index contributed by atoms with van der Waals surface area (Å²) in [4.78, 5) is 26.7. The number of rotatable bonds is 6. The average molecular weight is 467 g/mol. The van der Waals surface area contributed by atoms with Crippen molar-refractivity contribution >= 4 is 39.0 Å². The number of hydrogen-bond donors (Lipinski definition) is 3. The van der Waals surface area contributed by atoms with E-state index in [4.69, 9.17) is 4.52 Å². The van der Waals surface area contributed by atoms with E-state index in [2.05, 4.69) is 51.5 Å². The number of aromatic nitrogens is 4. The average Bonchev–Trinajstić information content (AvgIpc) is 3.36. The molecule has 0 aliphatic heterocycles. The lowest BCUT2D eigenvalue weighted by Crippen LogP contribution is -2.33. The Labute approximate surface area is 195 Å². The van der Waals surface area contributed by atoms with Gasteiger partial charge in [-0.15, -0.1) is 11.3 Å². The van der Waals surface area contributed by atoms with E-state index < -0.39 is 12.0 Å². The molecule has 1 amide bonds. The van der Waals surface area contributed by atoms with Crippen LogP contribution in [0.15, 0.2) is 35.0 Å². The fourth-order valence-electron chi connectivity index (χ4n) is 3.49. The first kappa shape index (κ1) is 22.8.